The van der Waals surface area contributed by atoms with Crippen molar-refractivity contribution in [3.05, 3.63) is 89.0 Å². The van der Waals surface area contributed by atoms with Crippen molar-refractivity contribution < 1.29 is 13.9 Å². The van der Waals surface area contributed by atoms with Crippen LogP contribution in [0, 0.1) is 19.7 Å². The number of methoxy groups -OCH3 is 1. The van der Waals surface area contributed by atoms with E-state index in [2.05, 4.69) is 35.5 Å². The average molecular weight is 404 g/mol. The average Bonchev–Trinajstić information content (AvgIpc) is 3.01. The van der Waals surface area contributed by atoms with Gasteiger partial charge in [-0.25, -0.2) is 9.37 Å². The summed E-state index contributed by atoms with van der Waals surface area (Å²) in [5.74, 6) is 1.24. The molecule has 0 aliphatic carbocycles. The Bertz CT molecular complexity index is 1150. The van der Waals surface area contributed by atoms with Crippen LogP contribution in [0.5, 0.6) is 11.6 Å². The summed E-state index contributed by atoms with van der Waals surface area (Å²) in [5, 5.41) is 1.15. The van der Waals surface area contributed by atoms with E-state index < -0.39 is 0 Å². The number of fused-ring (bicyclic) bond motifs is 1. The van der Waals surface area contributed by atoms with E-state index in [0.29, 0.717) is 18.9 Å². The maximum absolute atomic E-state index is 13.1. The second kappa shape index (κ2) is 8.57. The molecular weight excluding hydrogens is 379 g/mol. The smallest absolute Gasteiger partial charge is 0.238 e. The normalized spacial score (nSPS) is 11.1. The molecule has 4 aromatic rings. The molecule has 2 aromatic carbocycles. The number of benzene rings is 2. The highest BCUT2D eigenvalue weighted by atomic mass is 19.1. The molecule has 0 unspecified atom stereocenters. The number of halogens is 1. The Morgan fingerprint density at radius 2 is 1.63 bits per heavy atom. The van der Waals surface area contributed by atoms with Crippen LogP contribution >= 0.6 is 0 Å². The Balaban J connectivity index is 1.61. The zero-order valence-electron chi connectivity index (χ0n) is 17.5. The number of aryl methyl sites for hydroxylation is 1. The van der Waals surface area contributed by atoms with Gasteiger partial charge in [-0.1, -0.05) is 24.3 Å². The maximum atomic E-state index is 13.1. The van der Waals surface area contributed by atoms with Crippen molar-refractivity contribution in [2.75, 3.05) is 13.7 Å². The van der Waals surface area contributed by atoms with E-state index in [-0.39, 0.29) is 5.82 Å². The summed E-state index contributed by atoms with van der Waals surface area (Å²) in [4.78, 5) is 4.51. The molecule has 0 N–H and O–H groups in total. The molecule has 0 atom stereocenters. The third kappa shape index (κ3) is 4.01. The number of nitrogens with zero attached hydrogens (tertiary/aromatic N) is 2. The summed E-state index contributed by atoms with van der Waals surface area (Å²) in [6.07, 6.45) is 2.48. The minimum Gasteiger partial charge on any atom is -0.497 e. The first-order valence-electron chi connectivity index (χ1n) is 10.0. The quantitative estimate of drug-likeness (QED) is 0.410. The van der Waals surface area contributed by atoms with E-state index in [0.717, 1.165) is 28.8 Å². The van der Waals surface area contributed by atoms with Crippen LogP contribution in [0.1, 0.15) is 22.4 Å². The van der Waals surface area contributed by atoms with Gasteiger partial charge in [-0.3, -0.25) is 0 Å². The summed E-state index contributed by atoms with van der Waals surface area (Å²) >= 11 is 0. The van der Waals surface area contributed by atoms with Crippen LogP contribution in [0.15, 0.2) is 60.8 Å². The van der Waals surface area contributed by atoms with Crippen LogP contribution in [0.2, 0.25) is 0 Å². The molecule has 0 saturated heterocycles. The largest absolute Gasteiger partial charge is 0.497 e. The van der Waals surface area contributed by atoms with Crippen LogP contribution in [0.3, 0.4) is 0 Å². The van der Waals surface area contributed by atoms with Gasteiger partial charge < -0.3 is 14.0 Å². The molecule has 2 heterocycles. The molecule has 2 aromatic heterocycles. The van der Waals surface area contributed by atoms with Gasteiger partial charge in [0, 0.05) is 30.2 Å². The van der Waals surface area contributed by atoms with E-state index in [4.69, 9.17) is 9.47 Å². The van der Waals surface area contributed by atoms with Crippen LogP contribution in [-0.2, 0) is 13.0 Å². The summed E-state index contributed by atoms with van der Waals surface area (Å²) in [6.45, 7) is 5.45. The molecule has 154 valence electrons. The predicted molar refractivity (Wildman–Crippen MR) is 117 cm³/mol. The molecule has 0 aliphatic rings. The van der Waals surface area contributed by atoms with Gasteiger partial charge in [0.25, 0.3) is 0 Å². The Kier molecular flexibility index (Phi) is 5.70. The molecule has 0 spiro atoms. The van der Waals surface area contributed by atoms with Crippen molar-refractivity contribution in [2.24, 2.45) is 0 Å². The van der Waals surface area contributed by atoms with Crippen molar-refractivity contribution in [1.29, 1.82) is 0 Å². The van der Waals surface area contributed by atoms with Crippen LogP contribution < -0.4 is 9.47 Å². The highest BCUT2D eigenvalue weighted by molar-refractivity contribution is 5.89. The minimum absolute atomic E-state index is 0.228. The van der Waals surface area contributed by atoms with E-state index >= 15 is 0 Å². The zero-order valence-corrected chi connectivity index (χ0v) is 17.5. The van der Waals surface area contributed by atoms with Crippen LogP contribution in [-0.4, -0.2) is 23.3 Å². The fourth-order valence-electron chi connectivity index (χ4n) is 3.70. The summed E-state index contributed by atoms with van der Waals surface area (Å²) < 4.78 is 26.7. The third-order valence-electron chi connectivity index (χ3n) is 5.55. The summed E-state index contributed by atoms with van der Waals surface area (Å²) in [6, 6.07) is 16.6. The summed E-state index contributed by atoms with van der Waals surface area (Å²) in [7, 11) is 1.67. The molecule has 4 rings (SSSR count). The standard InChI is InChI=1S/C25H25FN2O2/c1-17-18(2)28(16-20-6-10-22(29-3)11-7-20)24-23(17)12-14-27-25(24)30-15-13-19-4-8-21(26)9-5-19/h4-12,14H,13,15-16H2,1-3H3. The number of pyridine rings is 1. The van der Waals surface area contributed by atoms with Gasteiger partial charge in [0.15, 0.2) is 0 Å². The Labute approximate surface area is 175 Å². The van der Waals surface area contributed by atoms with E-state index in [1.807, 2.05) is 18.2 Å². The monoisotopic (exact) mass is 404 g/mol. The van der Waals surface area contributed by atoms with E-state index in [9.17, 15) is 4.39 Å². The fraction of sp³-hybridized carbons (Fsp3) is 0.240. The van der Waals surface area contributed by atoms with Crippen LogP contribution in [0.25, 0.3) is 10.9 Å². The highest BCUT2D eigenvalue weighted by Gasteiger charge is 2.16. The lowest BCUT2D eigenvalue weighted by Crippen LogP contribution is -2.07. The molecule has 4 nitrogen and oxygen atoms in total. The molecule has 0 fully saturated rings. The second-order valence-corrected chi connectivity index (χ2v) is 7.38. The molecular formula is C25H25FN2O2. The molecule has 0 radical (unpaired) electrons. The first-order valence-corrected chi connectivity index (χ1v) is 10.0. The van der Waals surface area contributed by atoms with E-state index in [1.165, 1.54) is 29.0 Å². The summed E-state index contributed by atoms with van der Waals surface area (Å²) in [5.41, 5.74) is 5.63. The lowest BCUT2D eigenvalue weighted by molar-refractivity contribution is 0.312. The first kappa shape index (κ1) is 20.0. The molecule has 0 saturated carbocycles. The Hall–Kier alpha value is -3.34. The molecule has 0 amide bonds. The van der Waals surface area contributed by atoms with Crippen molar-refractivity contribution >= 4 is 10.9 Å². The number of hydrogen-bond acceptors (Lipinski definition) is 3. The van der Waals surface area contributed by atoms with Gasteiger partial charge in [0.1, 0.15) is 17.1 Å². The topological polar surface area (TPSA) is 36.3 Å². The van der Waals surface area contributed by atoms with Crippen molar-refractivity contribution in [3.8, 4) is 11.6 Å². The van der Waals surface area contributed by atoms with Crippen LogP contribution in [0.4, 0.5) is 4.39 Å². The van der Waals surface area contributed by atoms with Crippen molar-refractivity contribution in [3.63, 3.8) is 0 Å². The zero-order chi connectivity index (χ0) is 21.1. The van der Waals surface area contributed by atoms with Crippen molar-refractivity contribution in [1.82, 2.24) is 9.55 Å². The van der Waals surface area contributed by atoms with Gasteiger partial charge in [-0.05, 0) is 60.9 Å². The Morgan fingerprint density at radius 1 is 0.933 bits per heavy atom. The van der Waals surface area contributed by atoms with Gasteiger partial charge in [-0.15, -0.1) is 0 Å². The number of hydrogen-bond donors (Lipinski definition) is 0. The molecule has 5 heteroatoms. The molecule has 0 bridgehead atoms. The number of ether oxygens (including phenoxy) is 2. The fourth-order valence-corrected chi connectivity index (χ4v) is 3.70. The molecule has 30 heavy (non-hydrogen) atoms. The first-order chi connectivity index (χ1) is 14.6. The molecule has 0 aliphatic heterocycles. The second-order valence-electron chi connectivity index (χ2n) is 7.38. The maximum Gasteiger partial charge on any atom is 0.238 e. The predicted octanol–water partition coefficient (Wildman–Crippen LogP) is 5.47. The third-order valence-corrected chi connectivity index (χ3v) is 5.55. The van der Waals surface area contributed by atoms with Gasteiger partial charge in [0.05, 0.1) is 13.7 Å². The minimum atomic E-state index is -0.228. The van der Waals surface area contributed by atoms with E-state index in [1.54, 1.807) is 25.4 Å². The van der Waals surface area contributed by atoms with Crippen molar-refractivity contribution in [2.45, 2.75) is 26.8 Å². The van der Waals surface area contributed by atoms with Gasteiger partial charge in [-0.2, -0.15) is 0 Å². The lowest BCUT2D eigenvalue weighted by Gasteiger charge is -2.12. The number of aromatic nitrogens is 2. The lowest BCUT2D eigenvalue weighted by atomic mass is 10.1. The Morgan fingerprint density at radius 3 is 2.33 bits per heavy atom. The van der Waals surface area contributed by atoms with Gasteiger partial charge >= 0.3 is 0 Å². The highest BCUT2D eigenvalue weighted by Crippen LogP contribution is 2.31. The van der Waals surface area contributed by atoms with Gasteiger partial charge in [0.2, 0.25) is 5.88 Å². The SMILES string of the molecule is COc1ccc(Cn2c(C)c(C)c3ccnc(OCCc4ccc(F)cc4)c32)cc1. The number of rotatable bonds is 7.